The molecule has 4 aromatic rings. The van der Waals surface area contributed by atoms with Gasteiger partial charge >= 0.3 is 0 Å². The molecule has 0 saturated carbocycles. The van der Waals surface area contributed by atoms with Gasteiger partial charge in [-0.25, -0.2) is 0 Å². The number of methoxy groups -OCH3 is 1. The average molecular weight is 479 g/mol. The fourth-order valence-electron chi connectivity index (χ4n) is 3.71. The number of aryl methyl sites for hydroxylation is 3. The lowest BCUT2D eigenvalue weighted by Gasteiger charge is -2.14. The summed E-state index contributed by atoms with van der Waals surface area (Å²) in [6.45, 7) is 5.28. The van der Waals surface area contributed by atoms with Crippen LogP contribution < -0.4 is 15.6 Å². The molecule has 0 saturated heterocycles. The number of amides is 1. The molecule has 0 aliphatic heterocycles. The molecule has 0 spiro atoms. The summed E-state index contributed by atoms with van der Waals surface area (Å²) in [6, 6.07) is 14.3. The Morgan fingerprint density at radius 1 is 1.15 bits per heavy atom. The van der Waals surface area contributed by atoms with Gasteiger partial charge in [0.05, 0.1) is 12.8 Å². The molecule has 0 aliphatic rings. The van der Waals surface area contributed by atoms with E-state index in [0.29, 0.717) is 39.1 Å². The van der Waals surface area contributed by atoms with Gasteiger partial charge in [-0.2, -0.15) is 4.98 Å². The Balaban J connectivity index is 1.66. The number of ether oxygens (including phenoxy) is 1. The first kappa shape index (κ1) is 23.3. The number of halogens is 1. The van der Waals surface area contributed by atoms with Gasteiger partial charge in [0.1, 0.15) is 17.9 Å². The van der Waals surface area contributed by atoms with E-state index in [1.54, 1.807) is 50.2 Å². The van der Waals surface area contributed by atoms with Crippen molar-refractivity contribution in [3.8, 4) is 28.6 Å². The molecule has 0 radical (unpaired) electrons. The van der Waals surface area contributed by atoms with Crippen molar-refractivity contribution >= 4 is 23.2 Å². The maximum atomic E-state index is 13.4. The number of benzene rings is 2. The van der Waals surface area contributed by atoms with Crippen molar-refractivity contribution in [1.29, 1.82) is 0 Å². The molecule has 0 unspecified atom stereocenters. The zero-order valence-corrected chi connectivity index (χ0v) is 19.9. The fraction of sp³-hybridized carbons (Fsp3) is 0.200. The van der Waals surface area contributed by atoms with Crippen LogP contribution in [0.4, 0.5) is 5.69 Å². The number of anilines is 1. The van der Waals surface area contributed by atoms with E-state index in [0.717, 1.165) is 5.56 Å². The van der Waals surface area contributed by atoms with E-state index in [1.165, 1.54) is 11.7 Å². The Morgan fingerprint density at radius 2 is 1.94 bits per heavy atom. The van der Waals surface area contributed by atoms with Crippen LogP contribution in [-0.2, 0) is 11.3 Å². The van der Waals surface area contributed by atoms with E-state index in [9.17, 15) is 9.59 Å². The molecular weight excluding hydrogens is 456 g/mol. The average Bonchev–Trinajstić information content (AvgIpc) is 3.26. The lowest BCUT2D eigenvalue weighted by Crippen LogP contribution is -2.30. The molecule has 1 N–H and O–H groups in total. The Bertz CT molecular complexity index is 1440. The van der Waals surface area contributed by atoms with Crippen molar-refractivity contribution in [1.82, 2.24) is 14.7 Å². The number of pyridine rings is 1. The minimum Gasteiger partial charge on any atom is -0.495 e. The maximum Gasteiger partial charge on any atom is 0.264 e. The van der Waals surface area contributed by atoms with E-state index in [-0.39, 0.29) is 23.9 Å². The molecule has 0 aliphatic carbocycles. The predicted molar refractivity (Wildman–Crippen MR) is 130 cm³/mol. The van der Waals surface area contributed by atoms with Crippen LogP contribution in [0.1, 0.15) is 16.8 Å². The summed E-state index contributed by atoms with van der Waals surface area (Å²) in [6.07, 6.45) is 0. The van der Waals surface area contributed by atoms with Crippen molar-refractivity contribution in [3.63, 3.8) is 0 Å². The largest absolute Gasteiger partial charge is 0.495 e. The molecule has 174 valence electrons. The van der Waals surface area contributed by atoms with Crippen molar-refractivity contribution < 1.29 is 14.1 Å². The zero-order valence-electron chi connectivity index (χ0n) is 19.2. The second kappa shape index (κ2) is 9.52. The quantitative estimate of drug-likeness (QED) is 0.427. The summed E-state index contributed by atoms with van der Waals surface area (Å²) < 4.78 is 12.1. The first-order valence-corrected chi connectivity index (χ1v) is 10.9. The molecule has 9 heteroatoms. The van der Waals surface area contributed by atoms with E-state index in [1.807, 2.05) is 19.1 Å². The number of carbonyl (C=O) groups is 1. The Labute approximate surface area is 201 Å². The highest BCUT2D eigenvalue weighted by molar-refractivity contribution is 6.30. The normalized spacial score (nSPS) is 10.9. The number of rotatable bonds is 6. The van der Waals surface area contributed by atoms with E-state index in [4.69, 9.17) is 20.9 Å². The van der Waals surface area contributed by atoms with Crippen LogP contribution in [0.3, 0.4) is 0 Å². The topological polar surface area (TPSA) is 99.2 Å². The van der Waals surface area contributed by atoms with Crippen molar-refractivity contribution in [2.24, 2.45) is 0 Å². The number of nitrogens with zero attached hydrogens (tertiary/aromatic N) is 3. The van der Waals surface area contributed by atoms with Crippen molar-refractivity contribution in [2.75, 3.05) is 12.4 Å². The number of hydrogen-bond donors (Lipinski definition) is 1. The summed E-state index contributed by atoms with van der Waals surface area (Å²) in [5, 5.41) is 7.35. The third kappa shape index (κ3) is 4.72. The predicted octanol–water partition coefficient (Wildman–Crippen LogP) is 4.79. The number of carbonyl (C=O) groups excluding carboxylic acids is 1. The summed E-state index contributed by atoms with van der Waals surface area (Å²) in [4.78, 5) is 30.6. The number of nitrogens with one attached hydrogen (secondary N) is 1. The van der Waals surface area contributed by atoms with Crippen LogP contribution in [0.5, 0.6) is 5.75 Å². The second-order valence-electron chi connectivity index (χ2n) is 7.92. The van der Waals surface area contributed by atoms with Gasteiger partial charge in [0.15, 0.2) is 0 Å². The number of hydrogen-bond acceptors (Lipinski definition) is 6. The van der Waals surface area contributed by atoms with Gasteiger partial charge < -0.3 is 19.1 Å². The van der Waals surface area contributed by atoms with E-state index >= 15 is 0 Å². The lowest BCUT2D eigenvalue weighted by atomic mass is 10.1. The summed E-state index contributed by atoms with van der Waals surface area (Å²) in [5.41, 5.74) is 3.31. The summed E-state index contributed by atoms with van der Waals surface area (Å²) in [7, 11) is 1.53. The van der Waals surface area contributed by atoms with Crippen molar-refractivity contribution in [2.45, 2.75) is 27.3 Å². The van der Waals surface area contributed by atoms with Gasteiger partial charge in [-0.05, 0) is 62.2 Å². The van der Waals surface area contributed by atoms with Gasteiger partial charge in [0, 0.05) is 16.3 Å². The Morgan fingerprint density at radius 3 is 2.68 bits per heavy atom. The molecule has 2 heterocycles. The van der Waals surface area contributed by atoms with Crippen LogP contribution in [0.15, 0.2) is 57.8 Å². The third-order valence-corrected chi connectivity index (χ3v) is 5.59. The van der Waals surface area contributed by atoms with E-state index in [2.05, 4.69) is 15.5 Å². The first-order valence-electron chi connectivity index (χ1n) is 10.5. The van der Waals surface area contributed by atoms with Gasteiger partial charge in [-0.15, -0.1) is 0 Å². The molecule has 4 rings (SSSR count). The maximum absolute atomic E-state index is 13.4. The lowest BCUT2D eigenvalue weighted by molar-refractivity contribution is -0.116. The van der Waals surface area contributed by atoms with Crippen molar-refractivity contribution in [3.05, 3.63) is 80.7 Å². The Kier molecular flexibility index (Phi) is 6.51. The molecule has 2 aromatic carbocycles. The molecule has 0 atom stereocenters. The SMILES string of the molecule is COc1ccc(C)cc1NC(=O)Cn1c(C)cc(C)c(-c2nc(-c3cccc(Cl)c3)no2)c1=O. The van der Waals surface area contributed by atoms with Crippen LogP contribution >= 0.6 is 11.6 Å². The highest BCUT2D eigenvalue weighted by Crippen LogP contribution is 2.26. The van der Waals surface area contributed by atoms with Gasteiger partial charge in [0.25, 0.3) is 11.4 Å². The molecule has 2 aromatic heterocycles. The van der Waals surface area contributed by atoms with Crippen LogP contribution in [0, 0.1) is 20.8 Å². The van der Waals surface area contributed by atoms with Crippen LogP contribution in [0.2, 0.25) is 5.02 Å². The van der Waals surface area contributed by atoms with E-state index < -0.39 is 5.56 Å². The summed E-state index contributed by atoms with van der Waals surface area (Å²) >= 11 is 6.06. The Hall–Kier alpha value is -3.91. The second-order valence-corrected chi connectivity index (χ2v) is 8.36. The van der Waals surface area contributed by atoms with Gasteiger partial charge in [-0.3, -0.25) is 9.59 Å². The van der Waals surface area contributed by atoms with Crippen LogP contribution in [0.25, 0.3) is 22.8 Å². The molecule has 1 amide bonds. The molecule has 8 nitrogen and oxygen atoms in total. The molecule has 0 bridgehead atoms. The highest BCUT2D eigenvalue weighted by Gasteiger charge is 2.20. The minimum atomic E-state index is -0.398. The first-order chi connectivity index (χ1) is 16.3. The zero-order chi connectivity index (χ0) is 24.4. The summed E-state index contributed by atoms with van der Waals surface area (Å²) in [5.74, 6) is 0.556. The third-order valence-electron chi connectivity index (χ3n) is 5.36. The minimum absolute atomic E-state index is 0.0759. The highest BCUT2D eigenvalue weighted by atomic mass is 35.5. The standard InChI is InChI=1S/C25H23ClN4O4/c1-14-8-9-20(33-4)19(10-14)27-21(31)13-30-16(3)11-15(2)22(25(30)32)24-28-23(29-34-24)17-6-5-7-18(26)12-17/h5-12H,13H2,1-4H3,(H,27,31). The molecule has 34 heavy (non-hydrogen) atoms. The monoisotopic (exact) mass is 478 g/mol. The van der Waals surface area contributed by atoms with Gasteiger partial charge in [-0.1, -0.05) is 35.0 Å². The number of aromatic nitrogens is 3. The fourth-order valence-corrected chi connectivity index (χ4v) is 3.90. The smallest absolute Gasteiger partial charge is 0.264 e. The molecule has 0 fully saturated rings. The molecular formula is C25H23ClN4O4. The van der Waals surface area contributed by atoms with Gasteiger partial charge in [0.2, 0.25) is 11.7 Å². The van der Waals surface area contributed by atoms with Crippen LogP contribution in [-0.4, -0.2) is 27.7 Å².